The van der Waals surface area contributed by atoms with Crippen molar-refractivity contribution in [3.63, 3.8) is 0 Å². The first-order valence-electron chi connectivity index (χ1n) is 7.07. The van der Waals surface area contributed by atoms with Gasteiger partial charge in [0.2, 0.25) is 11.0 Å². The van der Waals surface area contributed by atoms with Crippen LogP contribution in [0.25, 0.3) is 0 Å². The molecule has 0 atom stereocenters. The summed E-state index contributed by atoms with van der Waals surface area (Å²) in [5.74, 6) is -1.19. The first-order chi connectivity index (χ1) is 12.0. The van der Waals surface area contributed by atoms with E-state index in [0.717, 1.165) is 18.3 Å². The second-order valence-electron chi connectivity index (χ2n) is 4.47. The number of carbonyl (C=O) groups is 2. The summed E-state index contributed by atoms with van der Waals surface area (Å²) in [4.78, 5) is 23.7. The van der Waals surface area contributed by atoms with E-state index >= 15 is 0 Å². The molecule has 0 saturated heterocycles. The van der Waals surface area contributed by atoms with Crippen molar-refractivity contribution in [1.29, 1.82) is 0 Å². The van der Waals surface area contributed by atoms with Gasteiger partial charge in [-0.05, 0) is 31.2 Å². The van der Waals surface area contributed by atoms with Crippen molar-refractivity contribution in [3.8, 4) is 5.75 Å². The SMILES string of the molecule is CCNc1nnc(SCC(=O)NC(=O)c2ccc(OC(F)F)cc2)s1. The third kappa shape index (κ3) is 6.27. The molecule has 1 aromatic carbocycles. The highest BCUT2D eigenvalue weighted by Crippen LogP contribution is 2.25. The van der Waals surface area contributed by atoms with E-state index in [4.69, 9.17) is 0 Å². The zero-order chi connectivity index (χ0) is 18.2. The number of nitrogens with one attached hydrogen (secondary N) is 2. The minimum absolute atomic E-state index is 0.000917. The Hall–Kier alpha value is -2.27. The highest BCUT2D eigenvalue weighted by atomic mass is 32.2. The number of aromatic nitrogens is 2. The van der Waals surface area contributed by atoms with Crippen LogP contribution >= 0.6 is 23.1 Å². The van der Waals surface area contributed by atoms with Gasteiger partial charge in [0.25, 0.3) is 5.91 Å². The number of thioether (sulfide) groups is 1. The largest absolute Gasteiger partial charge is 0.435 e. The number of benzene rings is 1. The lowest BCUT2D eigenvalue weighted by molar-refractivity contribution is -0.117. The second-order valence-corrected chi connectivity index (χ2v) is 6.67. The number of halogens is 2. The molecule has 2 N–H and O–H groups in total. The number of carbonyl (C=O) groups excluding carboxylic acids is 2. The molecule has 2 amide bonds. The molecule has 1 aromatic heterocycles. The topological polar surface area (TPSA) is 93.2 Å². The van der Waals surface area contributed by atoms with Gasteiger partial charge in [0.15, 0.2) is 4.34 Å². The van der Waals surface area contributed by atoms with Gasteiger partial charge >= 0.3 is 6.61 Å². The summed E-state index contributed by atoms with van der Waals surface area (Å²) < 4.78 is 28.9. The fourth-order valence-corrected chi connectivity index (χ4v) is 3.26. The summed E-state index contributed by atoms with van der Waals surface area (Å²) in [5, 5.41) is 13.7. The molecule has 2 aromatic rings. The summed E-state index contributed by atoms with van der Waals surface area (Å²) in [5.41, 5.74) is 0.158. The molecular weight excluding hydrogens is 374 g/mol. The van der Waals surface area contributed by atoms with Crippen LogP contribution in [0.5, 0.6) is 5.75 Å². The number of rotatable bonds is 8. The molecular formula is C14H14F2N4O3S2. The number of imide groups is 1. The highest BCUT2D eigenvalue weighted by molar-refractivity contribution is 8.01. The van der Waals surface area contributed by atoms with Crippen molar-refractivity contribution in [3.05, 3.63) is 29.8 Å². The summed E-state index contributed by atoms with van der Waals surface area (Å²) in [7, 11) is 0. The number of hydrogen-bond donors (Lipinski definition) is 2. The maximum absolute atomic E-state index is 12.1. The van der Waals surface area contributed by atoms with Crippen molar-refractivity contribution >= 4 is 40.0 Å². The molecule has 0 spiro atoms. The van der Waals surface area contributed by atoms with E-state index in [1.807, 2.05) is 6.92 Å². The van der Waals surface area contributed by atoms with E-state index in [1.165, 1.54) is 35.6 Å². The normalized spacial score (nSPS) is 10.6. The molecule has 1 heterocycles. The van der Waals surface area contributed by atoms with E-state index in [0.29, 0.717) is 9.47 Å². The summed E-state index contributed by atoms with van der Waals surface area (Å²) in [6.07, 6.45) is 0. The number of ether oxygens (including phenoxy) is 1. The predicted octanol–water partition coefficient (Wildman–Crippen LogP) is 2.62. The van der Waals surface area contributed by atoms with Crippen molar-refractivity contribution < 1.29 is 23.1 Å². The zero-order valence-corrected chi connectivity index (χ0v) is 14.6. The van der Waals surface area contributed by atoms with Gasteiger partial charge in [-0.2, -0.15) is 8.78 Å². The lowest BCUT2D eigenvalue weighted by atomic mass is 10.2. The van der Waals surface area contributed by atoms with Crippen molar-refractivity contribution in [1.82, 2.24) is 15.5 Å². The van der Waals surface area contributed by atoms with E-state index < -0.39 is 18.4 Å². The maximum atomic E-state index is 12.1. The van der Waals surface area contributed by atoms with Crippen LogP contribution in [0.1, 0.15) is 17.3 Å². The highest BCUT2D eigenvalue weighted by Gasteiger charge is 2.13. The Morgan fingerprint density at radius 3 is 2.64 bits per heavy atom. The van der Waals surface area contributed by atoms with Crippen molar-refractivity contribution in [2.75, 3.05) is 17.6 Å². The zero-order valence-electron chi connectivity index (χ0n) is 13.0. The van der Waals surface area contributed by atoms with E-state index in [2.05, 4.69) is 25.6 Å². The minimum Gasteiger partial charge on any atom is -0.435 e. The van der Waals surface area contributed by atoms with Crippen LogP contribution in [-0.2, 0) is 4.79 Å². The predicted molar refractivity (Wildman–Crippen MR) is 90.3 cm³/mol. The summed E-state index contributed by atoms with van der Waals surface area (Å²) >= 11 is 2.47. The van der Waals surface area contributed by atoms with Gasteiger partial charge in [-0.15, -0.1) is 10.2 Å². The molecule has 0 aliphatic heterocycles. The van der Waals surface area contributed by atoms with E-state index in [-0.39, 0.29) is 17.1 Å². The van der Waals surface area contributed by atoms with Crippen LogP contribution < -0.4 is 15.4 Å². The van der Waals surface area contributed by atoms with Gasteiger partial charge in [0.05, 0.1) is 5.75 Å². The van der Waals surface area contributed by atoms with Crippen molar-refractivity contribution in [2.24, 2.45) is 0 Å². The van der Waals surface area contributed by atoms with Crippen LogP contribution in [-0.4, -0.2) is 40.9 Å². The molecule has 7 nitrogen and oxygen atoms in total. The van der Waals surface area contributed by atoms with Gasteiger partial charge in [-0.25, -0.2) is 0 Å². The van der Waals surface area contributed by atoms with Gasteiger partial charge < -0.3 is 10.1 Å². The van der Waals surface area contributed by atoms with Crippen LogP contribution in [0.4, 0.5) is 13.9 Å². The molecule has 0 radical (unpaired) electrons. The number of hydrogen-bond acceptors (Lipinski definition) is 8. The smallest absolute Gasteiger partial charge is 0.387 e. The number of amides is 2. The Balaban J connectivity index is 1.81. The third-order valence-electron chi connectivity index (χ3n) is 2.66. The maximum Gasteiger partial charge on any atom is 0.387 e. The van der Waals surface area contributed by atoms with Crippen LogP contribution in [0.3, 0.4) is 0 Å². The third-order valence-corrected chi connectivity index (χ3v) is 4.67. The molecule has 0 saturated carbocycles. The Bertz CT molecular complexity index is 725. The first-order valence-corrected chi connectivity index (χ1v) is 8.87. The van der Waals surface area contributed by atoms with E-state index in [1.54, 1.807) is 0 Å². The molecule has 11 heteroatoms. The quantitative estimate of drug-likeness (QED) is 0.672. The molecule has 0 bridgehead atoms. The lowest BCUT2D eigenvalue weighted by Crippen LogP contribution is -2.31. The second kappa shape index (κ2) is 9.28. The molecule has 0 unspecified atom stereocenters. The monoisotopic (exact) mass is 388 g/mol. The van der Waals surface area contributed by atoms with Gasteiger partial charge in [-0.3, -0.25) is 14.9 Å². The van der Waals surface area contributed by atoms with Crippen LogP contribution in [0.15, 0.2) is 28.6 Å². The lowest BCUT2D eigenvalue weighted by Gasteiger charge is -2.06. The molecule has 0 aliphatic carbocycles. The Morgan fingerprint density at radius 1 is 1.28 bits per heavy atom. The standard InChI is InChI=1S/C14H14F2N4O3S2/c1-2-17-13-19-20-14(25-13)24-7-10(21)18-11(22)8-3-5-9(6-4-8)23-12(15)16/h3-6,12H,2,7H2,1H3,(H,17,19)(H,18,21,22). The first kappa shape index (κ1) is 19.1. The fraction of sp³-hybridized carbons (Fsp3) is 0.286. The fourth-order valence-electron chi connectivity index (χ4n) is 1.64. The average molecular weight is 388 g/mol. The van der Waals surface area contributed by atoms with Crippen LogP contribution in [0.2, 0.25) is 0 Å². The molecule has 25 heavy (non-hydrogen) atoms. The van der Waals surface area contributed by atoms with Crippen molar-refractivity contribution in [2.45, 2.75) is 17.9 Å². The summed E-state index contributed by atoms with van der Waals surface area (Å²) in [6.45, 7) is -0.291. The van der Waals surface area contributed by atoms with E-state index in [9.17, 15) is 18.4 Å². The molecule has 0 fully saturated rings. The molecule has 0 aliphatic rings. The van der Waals surface area contributed by atoms with Gasteiger partial charge in [-0.1, -0.05) is 23.1 Å². The Kier molecular flexibility index (Phi) is 7.07. The number of nitrogens with zero attached hydrogens (tertiary/aromatic N) is 2. The number of anilines is 1. The Morgan fingerprint density at radius 2 is 2.00 bits per heavy atom. The van der Waals surface area contributed by atoms with Gasteiger partial charge in [0.1, 0.15) is 5.75 Å². The average Bonchev–Trinajstić information content (AvgIpc) is 3.01. The molecule has 134 valence electrons. The number of alkyl halides is 2. The minimum atomic E-state index is -2.94. The van der Waals surface area contributed by atoms with Crippen LogP contribution in [0, 0.1) is 0 Å². The Labute approximate surface area is 150 Å². The van der Waals surface area contributed by atoms with Gasteiger partial charge in [0, 0.05) is 12.1 Å². The summed E-state index contributed by atoms with van der Waals surface area (Å²) in [6, 6.07) is 5.04. The molecule has 2 rings (SSSR count).